The molecule has 0 radical (unpaired) electrons. The Hall–Kier alpha value is -2.11. The molecule has 0 unspecified atom stereocenters. The molecule has 0 spiro atoms. The van der Waals surface area contributed by atoms with Crippen LogP contribution in [0, 0.1) is 12.7 Å². The summed E-state index contributed by atoms with van der Waals surface area (Å²) in [6.45, 7) is 2.59. The van der Waals surface area contributed by atoms with Crippen molar-refractivity contribution in [2.75, 3.05) is 0 Å². The average molecular weight is 342 g/mol. The third-order valence-electron chi connectivity index (χ3n) is 3.67. The van der Waals surface area contributed by atoms with Gasteiger partial charge in [0.1, 0.15) is 5.82 Å². The molecule has 0 aliphatic heterocycles. The van der Waals surface area contributed by atoms with Gasteiger partial charge in [-0.2, -0.15) is 0 Å². The van der Waals surface area contributed by atoms with E-state index >= 15 is 0 Å². The van der Waals surface area contributed by atoms with Gasteiger partial charge < -0.3 is 9.67 Å². The number of hydrogen-bond donors (Lipinski definition) is 1. The third kappa shape index (κ3) is 4.24. The van der Waals surface area contributed by atoms with E-state index in [1.54, 1.807) is 23.9 Å². The Kier molecular flexibility index (Phi) is 5.33. The molecule has 3 rings (SSSR count). The fraction of sp³-hybridized carbons (Fsp3) is 0.211. The van der Waals surface area contributed by atoms with Crippen LogP contribution < -0.4 is 0 Å². The number of aliphatic hydroxyl groups is 1. The molecule has 0 bridgehead atoms. The molecule has 0 aliphatic carbocycles. The van der Waals surface area contributed by atoms with E-state index in [1.165, 1.54) is 23.3 Å². The van der Waals surface area contributed by atoms with Gasteiger partial charge in [-0.3, -0.25) is 0 Å². The predicted octanol–water partition coefficient (Wildman–Crippen LogP) is 4.16. The first-order chi connectivity index (χ1) is 11.6. The number of thioether (sulfide) groups is 1. The van der Waals surface area contributed by atoms with Gasteiger partial charge >= 0.3 is 0 Å². The summed E-state index contributed by atoms with van der Waals surface area (Å²) in [5.74, 6) is 0.571. The zero-order valence-corrected chi connectivity index (χ0v) is 14.3. The minimum Gasteiger partial charge on any atom is -0.390 e. The molecule has 124 valence electrons. The van der Waals surface area contributed by atoms with Crippen molar-refractivity contribution in [3.8, 4) is 0 Å². The Morgan fingerprint density at radius 2 is 1.92 bits per heavy atom. The van der Waals surface area contributed by atoms with Crippen molar-refractivity contribution >= 4 is 11.8 Å². The number of aryl methyl sites for hydroxylation is 1. The number of nitrogens with zero attached hydrogens (tertiary/aromatic N) is 2. The number of benzene rings is 2. The molecule has 0 aliphatic rings. The Bertz CT molecular complexity index is 814. The molecule has 0 saturated heterocycles. The normalized spacial score (nSPS) is 11.0. The van der Waals surface area contributed by atoms with Crippen molar-refractivity contribution in [1.29, 1.82) is 0 Å². The topological polar surface area (TPSA) is 38.1 Å². The maximum atomic E-state index is 13.0. The number of rotatable bonds is 6. The maximum absolute atomic E-state index is 13.0. The van der Waals surface area contributed by atoms with Gasteiger partial charge in [-0.15, -0.1) is 0 Å². The van der Waals surface area contributed by atoms with E-state index in [9.17, 15) is 9.50 Å². The van der Waals surface area contributed by atoms with Gasteiger partial charge in [-0.25, -0.2) is 9.37 Å². The second-order valence-corrected chi connectivity index (χ2v) is 6.65. The van der Waals surface area contributed by atoms with E-state index in [2.05, 4.69) is 36.2 Å². The zero-order valence-electron chi connectivity index (χ0n) is 13.4. The highest BCUT2D eigenvalue weighted by Crippen LogP contribution is 2.24. The Balaban J connectivity index is 1.76. The summed E-state index contributed by atoms with van der Waals surface area (Å²) >= 11 is 1.63. The zero-order chi connectivity index (χ0) is 16.9. The van der Waals surface area contributed by atoms with Crippen LogP contribution in [0.15, 0.2) is 59.9 Å². The fourth-order valence-electron chi connectivity index (χ4n) is 2.49. The molecule has 1 N–H and O–H groups in total. The molecule has 0 fully saturated rings. The number of aromatic nitrogens is 2. The van der Waals surface area contributed by atoms with E-state index in [0.29, 0.717) is 12.2 Å². The largest absolute Gasteiger partial charge is 0.390 e. The number of aliphatic hydroxyl groups excluding tert-OH is 1. The monoisotopic (exact) mass is 342 g/mol. The van der Waals surface area contributed by atoms with Crippen molar-refractivity contribution in [3.63, 3.8) is 0 Å². The van der Waals surface area contributed by atoms with Gasteiger partial charge in [0.2, 0.25) is 0 Å². The van der Waals surface area contributed by atoms with Crippen LogP contribution in [-0.2, 0) is 18.9 Å². The van der Waals surface area contributed by atoms with Gasteiger partial charge in [-0.1, -0.05) is 53.7 Å². The van der Waals surface area contributed by atoms with Crippen LogP contribution in [0.25, 0.3) is 0 Å². The molecule has 3 nitrogen and oxygen atoms in total. The first-order valence-electron chi connectivity index (χ1n) is 7.74. The quantitative estimate of drug-likeness (QED) is 0.684. The molecule has 1 aromatic heterocycles. The van der Waals surface area contributed by atoms with Crippen LogP contribution >= 0.6 is 11.8 Å². The van der Waals surface area contributed by atoms with Crippen molar-refractivity contribution in [1.82, 2.24) is 9.55 Å². The maximum Gasteiger partial charge on any atom is 0.168 e. The molecule has 2 aromatic carbocycles. The fourth-order valence-corrected chi connectivity index (χ4v) is 3.43. The van der Waals surface area contributed by atoms with Gasteiger partial charge in [0.25, 0.3) is 0 Å². The smallest absolute Gasteiger partial charge is 0.168 e. The molecule has 1 heterocycles. The molecule has 0 atom stereocenters. The van der Waals surface area contributed by atoms with Crippen molar-refractivity contribution in [3.05, 3.63) is 82.9 Å². The Morgan fingerprint density at radius 1 is 1.12 bits per heavy atom. The molecular formula is C19H19FN2OS. The average Bonchev–Trinajstić information content (AvgIpc) is 2.97. The van der Waals surface area contributed by atoms with Gasteiger partial charge in [0, 0.05) is 18.5 Å². The summed E-state index contributed by atoms with van der Waals surface area (Å²) in [6.07, 6.45) is 1.85. The van der Waals surface area contributed by atoms with Crippen molar-refractivity contribution in [2.24, 2.45) is 0 Å². The lowest BCUT2D eigenvalue weighted by Gasteiger charge is -2.08. The minimum absolute atomic E-state index is 0.0889. The van der Waals surface area contributed by atoms with E-state index in [-0.39, 0.29) is 12.4 Å². The van der Waals surface area contributed by atoms with Crippen LogP contribution in [0.4, 0.5) is 4.39 Å². The third-order valence-corrected chi connectivity index (χ3v) is 4.73. The molecular weight excluding hydrogens is 323 g/mol. The van der Waals surface area contributed by atoms with Gasteiger partial charge in [0.05, 0.1) is 12.3 Å². The van der Waals surface area contributed by atoms with Gasteiger partial charge in [-0.05, 0) is 30.2 Å². The number of hydrogen-bond acceptors (Lipinski definition) is 3. The molecule has 5 heteroatoms. The summed E-state index contributed by atoms with van der Waals surface area (Å²) in [5.41, 5.74) is 4.11. The van der Waals surface area contributed by atoms with E-state index in [1.807, 2.05) is 10.8 Å². The number of imidazole rings is 1. The minimum atomic E-state index is -0.241. The van der Waals surface area contributed by atoms with Crippen molar-refractivity contribution in [2.45, 2.75) is 31.0 Å². The Labute approximate surface area is 145 Å². The highest BCUT2D eigenvalue weighted by Gasteiger charge is 2.09. The summed E-state index contributed by atoms with van der Waals surface area (Å²) < 4.78 is 15.0. The lowest BCUT2D eigenvalue weighted by Crippen LogP contribution is -2.00. The van der Waals surface area contributed by atoms with E-state index in [4.69, 9.17) is 0 Å². The molecule has 24 heavy (non-hydrogen) atoms. The van der Waals surface area contributed by atoms with Crippen LogP contribution in [-0.4, -0.2) is 14.7 Å². The molecule has 0 amide bonds. The Morgan fingerprint density at radius 3 is 2.62 bits per heavy atom. The highest BCUT2D eigenvalue weighted by molar-refractivity contribution is 7.98. The van der Waals surface area contributed by atoms with E-state index < -0.39 is 0 Å². The van der Waals surface area contributed by atoms with Crippen LogP contribution in [0.5, 0.6) is 0 Å². The summed E-state index contributed by atoms with van der Waals surface area (Å²) in [5, 5.41) is 10.2. The van der Waals surface area contributed by atoms with E-state index in [0.717, 1.165) is 16.5 Å². The summed E-state index contributed by atoms with van der Waals surface area (Å²) in [6, 6.07) is 14.8. The number of halogens is 1. The molecule has 0 saturated carbocycles. The van der Waals surface area contributed by atoms with Crippen LogP contribution in [0.1, 0.15) is 22.4 Å². The summed E-state index contributed by atoms with van der Waals surface area (Å²) in [7, 11) is 0. The standard InChI is InChI=1S/C19H19FN2OS/c1-14-3-2-4-16(9-14)13-24-19-21-18(12-23)11-22(19)10-15-5-7-17(20)8-6-15/h2-9,11,23H,10,12-13H2,1H3. The highest BCUT2D eigenvalue weighted by atomic mass is 32.2. The van der Waals surface area contributed by atoms with Crippen molar-refractivity contribution < 1.29 is 9.50 Å². The second kappa shape index (κ2) is 7.64. The lowest BCUT2D eigenvalue weighted by molar-refractivity contribution is 0.277. The summed E-state index contributed by atoms with van der Waals surface area (Å²) in [4.78, 5) is 4.48. The first kappa shape index (κ1) is 16.7. The molecule has 3 aromatic rings. The second-order valence-electron chi connectivity index (χ2n) is 5.71. The van der Waals surface area contributed by atoms with Crippen LogP contribution in [0.2, 0.25) is 0 Å². The lowest BCUT2D eigenvalue weighted by atomic mass is 10.2. The van der Waals surface area contributed by atoms with Crippen LogP contribution in [0.3, 0.4) is 0 Å². The first-order valence-corrected chi connectivity index (χ1v) is 8.72. The SMILES string of the molecule is Cc1cccc(CSc2nc(CO)cn2Cc2ccc(F)cc2)c1. The van der Waals surface area contributed by atoms with Gasteiger partial charge in [0.15, 0.2) is 5.16 Å². The predicted molar refractivity (Wildman–Crippen MR) is 94.4 cm³/mol.